The van der Waals surface area contributed by atoms with Crippen LogP contribution in [0.15, 0.2) is 53.6 Å². The first-order valence-corrected chi connectivity index (χ1v) is 12.9. The standard InChI is InChI=1S/C28H33FN4O2/c29-22-7-10-25-24(19-22)33-27(20-35-25)28(26(30-33)11-18-34,21-5-2-1-3-6-21)12-4-13-31-14-16-32(17-15-31)23-8-9-23/h1-3,5-7,10,18-19,23,27H,4,8-9,11-17,20H2/t27?,28-/m1/s1. The van der Waals surface area contributed by atoms with Crippen LogP contribution in [0.4, 0.5) is 10.1 Å². The van der Waals surface area contributed by atoms with Crippen LogP contribution in [0, 0.1) is 5.82 Å². The molecule has 35 heavy (non-hydrogen) atoms. The van der Waals surface area contributed by atoms with E-state index in [2.05, 4.69) is 21.9 Å². The summed E-state index contributed by atoms with van der Waals surface area (Å²) in [5, 5.41) is 6.88. The van der Waals surface area contributed by atoms with Crippen molar-refractivity contribution < 1.29 is 13.9 Å². The molecule has 2 aromatic carbocycles. The van der Waals surface area contributed by atoms with Crippen molar-refractivity contribution in [2.24, 2.45) is 5.10 Å². The largest absolute Gasteiger partial charge is 0.489 e. The zero-order valence-electron chi connectivity index (χ0n) is 20.1. The maximum absolute atomic E-state index is 14.2. The lowest BCUT2D eigenvalue weighted by Gasteiger charge is -2.42. The van der Waals surface area contributed by atoms with Crippen molar-refractivity contribution in [2.75, 3.05) is 44.3 Å². The molecule has 4 aliphatic rings. The van der Waals surface area contributed by atoms with E-state index in [-0.39, 0.29) is 18.3 Å². The third-order valence-electron chi connectivity index (χ3n) is 8.25. The first-order valence-electron chi connectivity index (χ1n) is 12.9. The molecule has 3 aliphatic heterocycles. The van der Waals surface area contributed by atoms with E-state index in [1.807, 2.05) is 23.2 Å². The zero-order valence-corrected chi connectivity index (χ0v) is 20.1. The highest BCUT2D eigenvalue weighted by Gasteiger charge is 2.54. The SMILES string of the molecule is O=CCC1=NN2c3cc(F)ccc3OCC2[C@]1(CCCN1CCN(C2CC2)CC1)c1ccccc1. The average Bonchev–Trinajstić information content (AvgIpc) is 3.69. The Kier molecular flexibility index (Phi) is 6.06. The molecular weight excluding hydrogens is 443 g/mol. The lowest BCUT2D eigenvalue weighted by atomic mass is 9.67. The smallest absolute Gasteiger partial charge is 0.144 e. The van der Waals surface area contributed by atoms with Gasteiger partial charge in [0.05, 0.1) is 11.1 Å². The average molecular weight is 477 g/mol. The van der Waals surface area contributed by atoms with Crippen molar-refractivity contribution in [3.63, 3.8) is 0 Å². The minimum absolute atomic E-state index is 0.124. The number of fused-ring (bicyclic) bond motifs is 3. The molecule has 0 aromatic heterocycles. The molecule has 7 heteroatoms. The number of ether oxygens (including phenoxy) is 1. The molecule has 0 amide bonds. The van der Waals surface area contributed by atoms with E-state index in [9.17, 15) is 9.18 Å². The Morgan fingerprint density at radius 2 is 1.89 bits per heavy atom. The summed E-state index contributed by atoms with van der Waals surface area (Å²) < 4.78 is 20.4. The van der Waals surface area contributed by atoms with E-state index in [0.29, 0.717) is 18.0 Å². The maximum Gasteiger partial charge on any atom is 0.144 e. The van der Waals surface area contributed by atoms with Crippen molar-refractivity contribution in [3.05, 3.63) is 59.9 Å². The number of carbonyl (C=O) groups excluding carboxylic acids is 1. The van der Waals surface area contributed by atoms with Gasteiger partial charge in [-0.3, -0.25) is 9.91 Å². The topological polar surface area (TPSA) is 48.4 Å². The van der Waals surface area contributed by atoms with Gasteiger partial charge in [0.2, 0.25) is 0 Å². The molecule has 0 radical (unpaired) electrons. The zero-order chi connectivity index (χ0) is 23.8. The van der Waals surface area contributed by atoms with Crippen LogP contribution in [-0.2, 0) is 10.2 Å². The fraction of sp³-hybridized carbons (Fsp3) is 0.500. The van der Waals surface area contributed by atoms with Crippen LogP contribution >= 0.6 is 0 Å². The van der Waals surface area contributed by atoms with E-state index in [4.69, 9.17) is 9.84 Å². The van der Waals surface area contributed by atoms with Gasteiger partial charge < -0.3 is 14.4 Å². The number of aldehydes is 1. The lowest BCUT2D eigenvalue weighted by molar-refractivity contribution is -0.106. The number of anilines is 1. The van der Waals surface area contributed by atoms with Gasteiger partial charge in [-0.05, 0) is 49.9 Å². The quantitative estimate of drug-likeness (QED) is 0.542. The van der Waals surface area contributed by atoms with Gasteiger partial charge in [-0.25, -0.2) is 4.39 Å². The van der Waals surface area contributed by atoms with Gasteiger partial charge in [0.15, 0.2) is 0 Å². The van der Waals surface area contributed by atoms with Crippen LogP contribution < -0.4 is 9.75 Å². The monoisotopic (exact) mass is 476 g/mol. The van der Waals surface area contributed by atoms with Gasteiger partial charge in [0, 0.05) is 44.7 Å². The Morgan fingerprint density at radius 3 is 2.63 bits per heavy atom. The minimum Gasteiger partial charge on any atom is -0.489 e. The Hall–Kier alpha value is -2.77. The second kappa shape index (κ2) is 9.36. The third kappa shape index (κ3) is 4.15. The van der Waals surface area contributed by atoms with Crippen molar-refractivity contribution in [2.45, 2.75) is 49.6 Å². The number of hydrogen-bond donors (Lipinski definition) is 0. The van der Waals surface area contributed by atoms with E-state index < -0.39 is 5.41 Å². The maximum atomic E-state index is 14.2. The number of piperazine rings is 1. The second-order valence-corrected chi connectivity index (χ2v) is 10.3. The summed E-state index contributed by atoms with van der Waals surface area (Å²) >= 11 is 0. The number of hydrazone groups is 1. The molecule has 2 aromatic rings. The highest BCUT2D eigenvalue weighted by molar-refractivity contribution is 6.05. The molecule has 0 bridgehead atoms. The molecule has 184 valence electrons. The predicted octanol–water partition coefficient (Wildman–Crippen LogP) is 3.85. The summed E-state index contributed by atoms with van der Waals surface area (Å²) in [4.78, 5) is 17.0. The number of carbonyl (C=O) groups is 1. The number of nitrogens with zero attached hydrogens (tertiary/aromatic N) is 4. The van der Waals surface area contributed by atoms with Crippen LogP contribution in [0.25, 0.3) is 0 Å². The third-order valence-corrected chi connectivity index (χ3v) is 8.25. The Balaban J connectivity index is 1.28. The van der Waals surface area contributed by atoms with Gasteiger partial charge in [-0.1, -0.05) is 30.3 Å². The van der Waals surface area contributed by atoms with Crippen molar-refractivity contribution >= 4 is 17.7 Å². The molecule has 2 fully saturated rings. The highest BCUT2D eigenvalue weighted by Crippen LogP contribution is 2.49. The normalized spacial score (nSPS) is 26.6. The van der Waals surface area contributed by atoms with Crippen molar-refractivity contribution in [3.8, 4) is 5.75 Å². The van der Waals surface area contributed by atoms with Crippen LogP contribution in [-0.4, -0.2) is 73.2 Å². The molecule has 6 rings (SSSR count). The highest BCUT2D eigenvalue weighted by atomic mass is 19.1. The minimum atomic E-state index is -0.456. The Morgan fingerprint density at radius 1 is 1.09 bits per heavy atom. The van der Waals surface area contributed by atoms with Crippen LogP contribution in [0.3, 0.4) is 0 Å². The molecule has 1 saturated carbocycles. The van der Waals surface area contributed by atoms with Crippen LogP contribution in [0.5, 0.6) is 5.75 Å². The Labute approximate surface area is 206 Å². The number of rotatable bonds is 8. The van der Waals surface area contributed by atoms with Gasteiger partial charge in [-0.15, -0.1) is 0 Å². The van der Waals surface area contributed by atoms with Crippen molar-refractivity contribution in [1.82, 2.24) is 9.80 Å². The summed E-state index contributed by atoms with van der Waals surface area (Å²) in [6.45, 7) is 6.04. The molecular formula is C28H33FN4O2. The lowest BCUT2D eigenvalue weighted by Crippen LogP contribution is -2.53. The van der Waals surface area contributed by atoms with E-state index in [1.54, 1.807) is 6.07 Å². The molecule has 0 N–H and O–H groups in total. The van der Waals surface area contributed by atoms with Gasteiger partial charge in [-0.2, -0.15) is 5.10 Å². The van der Waals surface area contributed by atoms with Crippen molar-refractivity contribution in [1.29, 1.82) is 0 Å². The van der Waals surface area contributed by atoms with E-state index >= 15 is 0 Å². The molecule has 1 saturated heterocycles. The molecule has 6 nitrogen and oxygen atoms in total. The second-order valence-electron chi connectivity index (χ2n) is 10.3. The van der Waals surface area contributed by atoms with Gasteiger partial charge in [0.1, 0.15) is 36.2 Å². The first kappa shape index (κ1) is 22.7. The summed E-state index contributed by atoms with van der Waals surface area (Å²) in [6.07, 6.45) is 5.79. The number of halogens is 1. The number of hydrogen-bond acceptors (Lipinski definition) is 6. The van der Waals surface area contributed by atoms with Crippen LogP contribution in [0.1, 0.15) is 37.7 Å². The van der Waals surface area contributed by atoms with Crippen LogP contribution in [0.2, 0.25) is 0 Å². The van der Waals surface area contributed by atoms with E-state index in [1.165, 1.54) is 38.1 Å². The molecule has 1 aliphatic carbocycles. The fourth-order valence-corrected chi connectivity index (χ4v) is 6.31. The summed E-state index contributed by atoms with van der Waals surface area (Å²) in [5.41, 5.74) is 2.18. The molecule has 2 atom stereocenters. The van der Waals surface area contributed by atoms with E-state index in [0.717, 1.165) is 56.1 Å². The Bertz CT molecular complexity index is 1100. The van der Waals surface area contributed by atoms with Gasteiger partial charge in [0.25, 0.3) is 0 Å². The first-order chi connectivity index (χ1) is 17.2. The number of benzene rings is 2. The predicted molar refractivity (Wildman–Crippen MR) is 135 cm³/mol. The van der Waals surface area contributed by atoms with Gasteiger partial charge >= 0.3 is 0 Å². The molecule has 0 spiro atoms. The summed E-state index contributed by atoms with van der Waals surface area (Å²) in [5.74, 6) is 0.317. The fourth-order valence-electron chi connectivity index (χ4n) is 6.31. The summed E-state index contributed by atoms with van der Waals surface area (Å²) in [7, 11) is 0. The molecule has 3 heterocycles. The summed E-state index contributed by atoms with van der Waals surface area (Å²) in [6, 6.07) is 15.7. The molecule has 1 unspecified atom stereocenters.